The normalized spacial score (nSPS) is 11.0. The fraction of sp³-hybridized carbons (Fsp3) is 0.333. The van der Waals surface area contributed by atoms with Crippen molar-refractivity contribution in [3.05, 3.63) is 35.0 Å². The summed E-state index contributed by atoms with van der Waals surface area (Å²) < 4.78 is 0. The molecule has 0 saturated carbocycles. The first-order valence-electron chi connectivity index (χ1n) is 5.19. The second kappa shape index (κ2) is 5.06. The van der Waals surface area contributed by atoms with E-state index in [1.54, 1.807) is 17.5 Å². The Morgan fingerprint density at radius 3 is 2.69 bits per heavy atom. The second-order valence-corrected chi connectivity index (χ2v) is 5.48. The van der Waals surface area contributed by atoms with E-state index in [0.29, 0.717) is 5.92 Å². The van der Waals surface area contributed by atoms with E-state index in [-0.39, 0.29) is 0 Å². The molecule has 0 bridgehead atoms. The molecule has 0 aliphatic carbocycles. The molecule has 2 aromatic rings. The van der Waals surface area contributed by atoms with Crippen molar-refractivity contribution in [3.8, 4) is 10.7 Å². The van der Waals surface area contributed by atoms with Gasteiger partial charge in [-0.15, -0.1) is 11.3 Å². The number of hydrogen-bond acceptors (Lipinski definition) is 3. The van der Waals surface area contributed by atoms with Crippen LogP contribution < -0.4 is 0 Å². The van der Waals surface area contributed by atoms with Crippen LogP contribution in [0.3, 0.4) is 0 Å². The van der Waals surface area contributed by atoms with Crippen LogP contribution in [-0.4, -0.2) is 9.97 Å². The second-order valence-electron chi connectivity index (χ2n) is 3.83. The number of hydrogen-bond donors (Lipinski definition) is 0. The molecule has 2 nitrogen and oxygen atoms in total. The van der Waals surface area contributed by atoms with Crippen LogP contribution in [0.1, 0.15) is 30.3 Å². The molecule has 0 radical (unpaired) electrons. The van der Waals surface area contributed by atoms with E-state index in [9.17, 15) is 0 Å². The summed E-state index contributed by atoms with van der Waals surface area (Å²) >= 11 is 5.23. The first kappa shape index (κ1) is 11.7. The Labute approximate surface area is 108 Å². The summed E-state index contributed by atoms with van der Waals surface area (Å²) in [7, 11) is 0. The van der Waals surface area contributed by atoms with E-state index in [1.165, 1.54) is 10.6 Å². The largest absolute Gasteiger partial charge is 0.254 e. The minimum atomic E-state index is 0.460. The zero-order valence-corrected chi connectivity index (χ0v) is 11.7. The number of nitrogens with zero attached hydrogens (tertiary/aromatic N) is 2. The van der Waals surface area contributed by atoms with Crippen LogP contribution in [0.4, 0.5) is 0 Å². The molecular formula is C12H13BrN2S. The minimum absolute atomic E-state index is 0.460. The molecule has 0 atom stereocenters. The van der Waals surface area contributed by atoms with Crippen LogP contribution in [0.15, 0.2) is 24.4 Å². The lowest BCUT2D eigenvalue weighted by molar-refractivity contribution is 0.824. The minimum Gasteiger partial charge on any atom is -0.254 e. The fourth-order valence-corrected chi connectivity index (χ4v) is 3.18. The smallest absolute Gasteiger partial charge is 0.142 e. The number of pyridine rings is 1. The van der Waals surface area contributed by atoms with Gasteiger partial charge in [0.1, 0.15) is 5.01 Å². The quantitative estimate of drug-likeness (QED) is 0.793. The van der Waals surface area contributed by atoms with Crippen LogP contribution >= 0.6 is 27.3 Å². The first-order valence-corrected chi connectivity index (χ1v) is 7.13. The van der Waals surface area contributed by atoms with Gasteiger partial charge in [-0.25, -0.2) is 4.98 Å². The summed E-state index contributed by atoms with van der Waals surface area (Å²) in [5.74, 6) is 0.460. The van der Waals surface area contributed by atoms with Crippen molar-refractivity contribution in [2.75, 3.05) is 0 Å². The van der Waals surface area contributed by atoms with Crippen LogP contribution in [-0.2, 0) is 5.33 Å². The van der Waals surface area contributed by atoms with Crippen molar-refractivity contribution in [2.45, 2.75) is 25.1 Å². The molecule has 0 spiro atoms. The van der Waals surface area contributed by atoms with E-state index < -0.39 is 0 Å². The topological polar surface area (TPSA) is 25.8 Å². The number of rotatable bonds is 3. The van der Waals surface area contributed by atoms with Gasteiger partial charge in [0.05, 0.1) is 11.4 Å². The maximum absolute atomic E-state index is 4.68. The third-order valence-electron chi connectivity index (χ3n) is 2.28. The molecule has 2 rings (SSSR count). The van der Waals surface area contributed by atoms with Crippen molar-refractivity contribution in [2.24, 2.45) is 0 Å². The van der Waals surface area contributed by atoms with Crippen LogP contribution in [0.5, 0.6) is 0 Å². The predicted molar refractivity (Wildman–Crippen MR) is 72.1 cm³/mol. The Morgan fingerprint density at radius 1 is 1.38 bits per heavy atom. The van der Waals surface area contributed by atoms with E-state index in [2.05, 4.69) is 39.7 Å². The van der Waals surface area contributed by atoms with Gasteiger partial charge in [-0.05, 0) is 18.1 Å². The molecule has 84 valence electrons. The zero-order chi connectivity index (χ0) is 11.5. The molecule has 2 heterocycles. The Kier molecular flexibility index (Phi) is 3.71. The predicted octanol–water partition coefficient (Wildman–Crippen LogP) is 4.22. The van der Waals surface area contributed by atoms with Crippen molar-refractivity contribution < 1.29 is 0 Å². The standard InChI is InChI=1S/C12H13BrN2S/c1-8(2)11-10(7-13)16-12(15-11)9-5-3-4-6-14-9/h3-6,8H,7H2,1-2H3. The average Bonchev–Trinajstić information content (AvgIpc) is 2.74. The molecule has 0 N–H and O–H groups in total. The summed E-state index contributed by atoms with van der Waals surface area (Å²) in [5, 5.41) is 1.88. The first-order chi connectivity index (χ1) is 7.72. The summed E-state index contributed by atoms with van der Waals surface area (Å²) in [6, 6.07) is 5.92. The molecule has 0 unspecified atom stereocenters. The molecule has 0 aliphatic heterocycles. The summed E-state index contributed by atoms with van der Waals surface area (Å²) in [6.07, 6.45) is 1.81. The van der Waals surface area contributed by atoms with Gasteiger partial charge in [0, 0.05) is 16.4 Å². The maximum atomic E-state index is 4.68. The van der Waals surface area contributed by atoms with Gasteiger partial charge in [-0.3, -0.25) is 4.98 Å². The number of thiazole rings is 1. The Bertz CT molecular complexity index is 465. The molecule has 0 fully saturated rings. The number of aromatic nitrogens is 2. The van der Waals surface area contributed by atoms with E-state index in [4.69, 9.17) is 0 Å². The van der Waals surface area contributed by atoms with E-state index >= 15 is 0 Å². The maximum Gasteiger partial charge on any atom is 0.142 e. The average molecular weight is 297 g/mol. The van der Waals surface area contributed by atoms with Crippen LogP contribution in [0, 0.1) is 0 Å². The zero-order valence-electron chi connectivity index (χ0n) is 9.27. The third-order valence-corrected chi connectivity index (χ3v) is 4.31. The van der Waals surface area contributed by atoms with Gasteiger partial charge in [-0.1, -0.05) is 35.8 Å². The molecule has 0 saturated heterocycles. The number of alkyl halides is 1. The molecule has 4 heteroatoms. The SMILES string of the molecule is CC(C)c1nc(-c2ccccn2)sc1CBr. The highest BCUT2D eigenvalue weighted by atomic mass is 79.9. The van der Waals surface area contributed by atoms with Crippen LogP contribution in [0.2, 0.25) is 0 Å². The Morgan fingerprint density at radius 2 is 2.19 bits per heavy atom. The van der Waals surface area contributed by atoms with Crippen molar-refractivity contribution in [1.82, 2.24) is 9.97 Å². The van der Waals surface area contributed by atoms with E-state index in [1.807, 2.05) is 18.2 Å². The van der Waals surface area contributed by atoms with Gasteiger partial charge < -0.3 is 0 Å². The van der Waals surface area contributed by atoms with Gasteiger partial charge in [-0.2, -0.15) is 0 Å². The van der Waals surface area contributed by atoms with Gasteiger partial charge in [0.2, 0.25) is 0 Å². The summed E-state index contributed by atoms with van der Waals surface area (Å²) in [6.45, 7) is 4.34. The monoisotopic (exact) mass is 296 g/mol. The fourth-order valence-electron chi connectivity index (χ4n) is 1.51. The van der Waals surface area contributed by atoms with Crippen molar-refractivity contribution in [3.63, 3.8) is 0 Å². The van der Waals surface area contributed by atoms with Crippen molar-refractivity contribution >= 4 is 27.3 Å². The summed E-state index contributed by atoms with van der Waals surface area (Å²) in [4.78, 5) is 10.3. The Hall–Kier alpha value is -0.740. The molecule has 0 aromatic carbocycles. The van der Waals surface area contributed by atoms with Crippen LogP contribution in [0.25, 0.3) is 10.7 Å². The molecule has 0 aliphatic rings. The third kappa shape index (κ3) is 2.33. The molecule has 0 amide bonds. The highest BCUT2D eigenvalue weighted by Crippen LogP contribution is 2.31. The number of halogens is 1. The van der Waals surface area contributed by atoms with E-state index in [0.717, 1.165) is 16.0 Å². The lowest BCUT2D eigenvalue weighted by Crippen LogP contribution is -1.91. The van der Waals surface area contributed by atoms with Gasteiger partial charge in [0.15, 0.2) is 0 Å². The van der Waals surface area contributed by atoms with Crippen molar-refractivity contribution in [1.29, 1.82) is 0 Å². The Balaban J connectivity index is 2.44. The highest BCUT2D eigenvalue weighted by molar-refractivity contribution is 9.08. The van der Waals surface area contributed by atoms with Gasteiger partial charge in [0.25, 0.3) is 0 Å². The van der Waals surface area contributed by atoms with Gasteiger partial charge >= 0.3 is 0 Å². The molecule has 16 heavy (non-hydrogen) atoms. The lowest BCUT2D eigenvalue weighted by Gasteiger charge is -2.01. The molecule has 2 aromatic heterocycles. The molecular weight excluding hydrogens is 284 g/mol. The highest BCUT2D eigenvalue weighted by Gasteiger charge is 2.14. The lowest BCUT2D eigenvalue weighted by atomic mass is 10.1. The summed E-state index contributed by atoms with van der Waals surface area (Å²) in [5.41, 5.74) is 2.14.